The smallest absolute Gasteiger partial charge is 0.0715 e. The molecule has 1 atom stereocenters. The Morgan fingerprint density at radius 3 is 2.04 bits per heavy atom. The van der Waals surface area contributed by atoms with Gasteiger partial charge in [0.05, 0.1) is 17.4 Å². The molecule has 2 nitrogen and oxygen atoms in total. The van der Waals surface area contributed by atoms with Gasteiger partial charge in [-0.05, 0) is 129 Å². The van der Waals surface area contributed by atoms with Crippen LogP contribution < -0.4 is 5.32 Å². The number of fused-ring (bicyclic) bond motifs is 3. The highest BCUT2D eigenvalue weighted by Crippen LogP contribution is 2.45. The second-order valence-electron chi connectivity index (χ2n) is 14.9. The second kappa shape index (κ2) is 14.8. The molecule has 0 fully saturated rings. The quantitative estimate of drug-likeness (QED) is 0.177. The zero-order valence-electron chi connectivity index (χ0n) is 31.3. The van der Waals surface area contributed by atoms with Crippen molar-refractivity contribution in [2.45, 2.75) is 31.7 Å². The van der Waals surface area contributed by atoms with Crippen molar-refractivity contribution in [3.05, 3.63) is 222 Å². The molecule has 6 aromatic carbocycles. The standard InChI is InChI=1S/C54H42N2/c1-5-16-37(17-6-1)41-24-14-27-44(33-41)52-35-45(34-51(56-52)39-20-9-3-10-21-39)42-25-13-26-43(32-42)46-28-15-29-48-47(46)30-31-50-54(48)49(38-18-7-2-8-19-38)36-53(55-50)40-22-11-4-12-23-40/h1,3-7,9-13,15-26,28-36,53,55H,2,8,14,27H2. The Balaban J connectivity index is 1.08. The normalized spacial score (nSPS) is 16.2. The first-order chi connectivity index (χ1) is 27.7. The maximum Gasteiger partial charge on any atom is 0.0715 e. The largest absolute Gasteiger partial charge is 0.374 e. The topological polar surface area (TPSA) is 24.9 Å². The molecule has 268 valence electrons. The molecule has 2 heterocycles. The summed E-state index contributed by atoms with van der Waals surface area (Å²) in [5.74, 6) is 0. The predicted octanol–water partition coefficient (Wildman–Crippen LogP) is 14.3. The predicted molar refractivity (Wildman–Crippen MR) is 237 cm³/mol. The SMILES string of the molecule is C1=CC(C2=CC(c3ccccc3)Nc3ccc4c(-c5cccc(-c6cc(C7=CC(c8ccccc8)=CCC7)nc(-c7ccccc7)c6)c5)cccc4c32)=CCC1. The van der Waals surface area contributed by atoms with Crippen LogP contribution in [0.2, 0.25) is 0 Å². The summed E-state index contributed by atoms with van der Waals surface area (Å²) in [6, 6.07) is 57.1. The highest BCUT2D eigenvalue weighted by molar-refractivity contribution is 6.09. The van der Waals surface area contributed by atoms with E-state index in [1.54, 1.807) is 0 Å². The summed E-state index contributed by atoms with van der Waals surface area (Å²) in [4.78, 5) is 5.30. The Hall–Kier alpha value is -6.77. The van der Waals surface area contributed by atoms with Gasteiger partial charge in [0.15, 0.2) is 0 Å². The van der Waals surface area contributed by atoms with E-state index in [1.165, 1.54) is 77.7 Å². The molecule has 1 unspecified atom stereocenters. The van der Waals surface area contributed by atoms with E-state index in [0.717, 1.165) is 42.6 Å². The Morgan fingerprint density at radius 2 is 1.23 bits per heavy atom. The zero-order valence-corrected chi connectivity index (χ0v) is 31.3. The van der Waals surface area contributed by atoms with Crippen LogP contribution in [0, 0.1) is 0 Å². The van der Waals surface area contributed by atoms with Gasteiger partial charge >= 0.3 is 0 Å². The third-order valence-electron chi connectivity index (χ3n) is 11.4. The third-order valence-corrected chi connectivity index (χ3v) is 11.4. The van der Waals surface area contributed by atoms with Crippen molar-refractivity contribution >= 4 is 33.2 Å². The molecule has 7 aromatic rings. The fourth-order valence-electron chi connectivity index (χ4n) is 8.59. The number of hydrogen-bond donors (Lipinski definition) is 1. The van der Waals surface area contributed by atoms with E-state index in [2.05, 4.69) is 199 Å². The van der Waals surface area contributed by atoms with E-state index in [0.29, 0.717) is 0 Å². The van der Waals surface area contributed by atoms with E-state index in [1.807, 2.05) is 0 Å². The Bertz CT molecular complexity index is 2750. The van der Waals surface area contributed by atoms with Gasteiger partial charge in [-0.1, -0.05) is 158 Å². The first kappa shape index (κ1) is 33.8. The van der Waals surface area contributed by atoms with Crippen molar-refractivity contribution in [1.29, 1.82) is 0 Å². The van der Waals surface area contributed by atoms with Gasteiger partial charge in [-0.3, -0.25) is 0 Å². The lowest BCUT2D eigenvalue weighted by Crippen LogP contribution is -2.15. The Morgan fingerprint density at radius 1 is 0.518 bits per heavy atom. The number of benzene rings is 6. The lowest BCUT2D eigenvalue weighted by Gasteiger charge is -2.29. The molecule has 1 aromatic heterocycles. The number of aromatic nitrogens is 1. The molecule has 1 aliphatic heterocycles. The summed E-state index contributed by atoms with van der Waals surface area (Å²) in [7, 11) is 0. The molecule has 2 heteroatoms. The zero-order chi connectivity index (χ0) is 37.3. The van der Waals surface area contributed by atoms with E-state index < -0.39 is 0 Å². The number of pyridine rings is 1. The van der Waals surface area contributed by atoms with Crippen molar-refractivity contribution in [3.8, 4) is 33.5 Å². The summed E-state index contributed by atoms with van der Waals surface area (Å²) in [6.45, 7) is 0. The van der Waals surface area contributed by atoms with E-state index in [-0.39, 0.29) is 6.04 Å². The third kappa shape index (κ3) is 6.54. The van der Waals surface area contributed by atoms with Crippen LogP contribution in [0.15, 0.2) is 200 Å². The van der Waals surface area contributed by atoms with Crippen molar-refractivity contribution < 1.29 is 0 Å². The van der Waals surface area contributed by atoms with Gasteiger partial charge in [0.2, 0.25) is 0 Å². The number of nitrogens with zero attached hydrogens (tertiary/aromatic N) is 1. The van der Waals surface area contributed by atoms with Crippen LogP contribution in [0.25, 0.3) is 61.0 Å². The lowest BCUT2D eigenvalue weighted by molar-refractivity contribution is 0.971. The minimum atomic E-state index is 0.101. The van der Waals surface area contributed by atoms with Crippen LogP contribution in [0.3, 0.4) is 0 Å². The molecule has 3 aliphatic rings. The first-order valence-corrected chi connectivity index (χ1v) is 19.9. The van der Waals surface area contributed by atoms with Crippen LogP contribution in [0.4, 0.5) is 5.69 Å². The van der Waals surface area contributed by atoms with Gasteiger partial charge in [0.25, 0.3) is 0 Å². The molecule has 1 N–H and O–H groups in total. The molecule has 0 bridgehead atoms. The summed E-state index contributed by atoms with van der Waals surface area (Å²) < 4.78 is 0. The number of anilines is 1. The summed E-state index contributed by atoms with van der Waals surface area (Å²) in [5.41, 5.74) is 18.0. The van der Waals surface area contributed by atoms with Gasteiger partial charge in [-0.15, -0.1) is 0 Å². The summed E-state index contributed by atoms with van der Waals surface area (Å²) in [5, 5.41) is 6.40. The number of rotatable bonds is 7. The van der Waals surface area contributed by atoms with Crippen molar-refractivity contribution in [2.24, 2.45) is 0 Å². The van der Waals surface area contributed by atoms with Gasteiger partial charge in [-0.2, -0.15) is 0 Å². The molecule has 2 aliphatic carbocycles. The van der Waals surface area contributed by atoms with E-state index in [9.17, 15) is 0 Å². The minimum absolute atomic E-state index is 0.101. The highest BCUT2D eigenvalue weighted by Gasteiger charge is 2.25. The molecule has 0 spiro atoms. The molecule has 56 heavy (non-hydrogen) atoms. The van der Waals surface area contributed by atoms with Crippen molar-refractivity contribution in [1.82, 2.24) is 4.98 Å². The Kier molecular flexibility index (Phi) is 8.93. The van der Waals surface area contributed by atoms with Crippen LogP contribution in [0.1, 0.15) is 54.1 Å². The van der Waals surface area contributed by atoms with Crippen LogP contribution in [-0.2, 0) is 0 Å². The highest BCUT2D eigenvalue weighted by atomic mass is 14.9. The number of allylic oxidation sites excluding steroid dienone is 9. The lowest BCUT2D eigenvalue weighted by atomic mass is 9.83. The molecule has 0 saturated heterocycles. The molecule has 0 radical (unpaired) electrons. The van der Waals surface area contributed by atoms with Crippen LogP contribution in [0.5, 0.6) is 0 Å². The first-order valence-electron chi connectivity index (χ1n) is 19.9. The maximum atomic E-state index is 5.30. The van der Waals surface area contributed by atoms with Crippen LogP contribution >= 0.6 is 0 Å². The fraction of sp³-hybridized carbons (Fsp3) is 0.0926. The average Bonchev–Trinajstić information content (AvgIpc) is 3.29. The van der Waals surface area contributed by atoms with E-state index >= 15 is 0 Å². The Labute approximate surface area is 329 Å². The average molecular weight is 719 g/mol. The van der Waals surface area contributed by atoms with Crippen molar-refractivity contribution in [3.63, 3.8) is 0 Å². The number of hydrogen-bond acceptors (Lipinski definition) is 2. The fourth-order valence-corrected chi connectivity index (χ4v) is 8.59. The summed E-state index contributed by atoms with van der Waals surface area (Å²) in [6.07, 6.45) is 18.3. The summed E-state index contributed by atoms with van der Waals surface area (Å²) >= 11 is 0. The molecule has 0 amide bonds. The van der Waals surface area contributed by atoms with Gasteiger partial charge in [0.1, 0.15) is 0 Å². The second-order valence-corrected chi connectivity index (χ2v) is 14.9. The van der Waals surface area contributed by atoms with Gasteiger partial charge in [0, 0.05) is 16.8 Å². The van der Waals surface area contributed by atoms with Crippen molar-refractivity contribution in [2.75, 3.05) is 5.32 Å². The minimum Gasteiger partial charge on any atom is -0.374 e. The monoisotopic (exact) mass is 718 g/mol. The van der Waals surface area contributed by atoms with Gasteiger partial charge in [-0.25, -0.2) is 4.98 Å². The molecular weight excluding hydrogens is 677 g/mol. The number of nitrogens with one attached hydrogen (secondary N) is 1. The van der Waals surface area contributed by atoms with Gasteiger partial charge < -0.3 is 5.32 Å². The molecule has 0 saturated carbocycles. The molecule has 10 rings (SSSR count). The van der Waals surface area contributed by atoms with Crippen LogP contribution in [-0.4, -0.2) is 4.98 Å². The van der Waals surface area contributed by atoms with E-state index in [4.69, 9.17) is 4.98 Å². The maximum absolute atomic E-state index is 5.30. The molecular formula is C54H42N2.